The molecule has 0 saturated carbocycles. The van der Waals surface area contributed by atoms with Crippen molar-refractivity contribution in [1.29, 1.82) is 0 Å². The van der Waals surface area contributed by atoms with Gasteiger partial charge in [0.25, 0.3) is 0 Å². The van der Waals surface area contributed by atoms with Gasteiger partial charge in [0.05, 0.1) is 9.79 Å². The minimum atomic E-state index is -3.69. The van der Waals surface area contributed by atoms with Gasteiger partial charge in [0, 0.05) is 25.7 Å². The van der Waals surface area contributed by atoms with Gasteiger partial charge < -0.3 is 0 Å². The molecule has 29 heavy (non-hydrogen) atoms. The molecule has 1 aliphatic heterocycles. The second-order valence-electron chi connectivity index (χ2n) is 7.87. The molecule has 1 fully saturated rings. The average Bonchev–Trinajstić information content (AvgIpc) is 2.60. The van der Waals surface area contributed by atoms with Crippen LogP contribution in [0, 0.1) is 27.7 Å². The zero-order valence-corrected chi connectivity index (χ0v) is 19.1. The zero-order chi connectivity index (χ0) is 21.6. The first-order chi connectivity index (χ1) is 13.4. The molecule has 0 radical (unpaired) electrons. The Kier molecular flexibility index (Phi) is 5.93. The minimum Gasteiger partial charge on any atom is -0.207 e. The number of sulfonamides is 2. The van der Waals surface area contributed by atoms with Gasteiger partial charge in [-0.15, -0.1) is 0 Å². The van der Waals surface area contributed by atoms with Crippen molar-refractivity contribution in [2.75, 3.05) is 19.6 Å². The topological polar surface area (TPSA) is 74.8 Å². The molecule has 2 aromatic carbocycles. The van der Waals surface area contributed by atoms with Crippen LogP contribution in [0.15, 0.2) is 46.2 Å². The fraction of sp³-hybridized carbons (Fsp3) is 0.429. The van der Waals surface area contributed by atoms with Crippen LogP contribution in [0.5, 0.6) is 0 Å². The summed E-state index contributed by atoms with van der Waals surface area (Å²) in [6.07, 6.45) is 0. The number of benzene rings is 2. The summed E-state index contributed by atoms with van der Waals surface area (Å²) >= 11 is 0. The van der Waals surface area contributed by atoms with Crippen molar-refractivity contribution < 1.29 is 16.8 Å². The number of hydrogen-bond acceptors (Lipinski definition) is 4. The highest BCUT2D eigenvalue weighted by Gasteiger charge is 2.38. The van der Waals surface area contributed by atoms with Crippen LogP contribution in [0.3, 0.4) is 0 Å². The SMILES string of the molecule is Cc1ccc(S(=O)(=O)N2CCN(S(=O)(=O)c3ccc(C)cc3C)[C@@H](C)C2)c(C)c1. The van der Waals surface area contributed by atoms with Gasteiger partial charge in [-0.2, -0.15) is 8.61 Å². The molecular formula is C21H28N2O4S2. The van der Waals surface area contributed by atoms with Gasteiger partial charge >= 0.3 is 0 Å². The Morgan fingerprint density at radius 2 is 1.24 bits per heavy atom. The summed E-state index contributed by atoms with van der Waals surface area (Å²) in [7, 11) is -7.37. The Morgan fingerprint density at radius 1 is 0.759 bits per heavy atom. The molecule has 0 bridgehead atoms. The Balaban J connectivity index is 1.87. The lowest BCUT2D eigenvalue weighted by Gasteiger charge is -2.38. The molecule has 158 valence electrons. The fourth-order valence-electron chi connectivity index (χ4n) is 3.93. The van der Waals surface area contributed by atoms with E-state index < -0.39 is 26.1 Å². The van der Waals surface area contributed by atoms with Gasteiger partial charge in [0.1, 0.15) is 0 Å². The summed E-state index contributed by atoms with van der Waals surface area (Å²) in [6.45, 7) is 9.54. The third kappa shape index (κ3) is 4.12. The highest BCUT2D eigenvalue weighted by atomic mass is 32.2. The lowest BCUT2D eigenvalue weighted by molar-refractivity contribution is 0.212. The summed E-state index contributed by atoms with van der Waals surface area (Å²) in [4.78, 5) is 0.557. The molecule has 1 aliphatic rings. The van der Waals surface area contributed by atoms with E-state index in [1.165, 1.54) is 8.61 Å². The fourth-order valence-corrected chi connectivity index (χ4v) is 7.46. The molecule has 6 nitrogen and oxygen atoms in total. The summed E-state index contributed by atoms with van der Waals surface area (Å²) < 4.78 is 55.5. The highest BCUT2D eigenvalue weighted by molar-refractivity contribution is 7.89. The van der Waals surface area contributed by atoms with Crippen molar-refractivity contribution >= 4 is 20.0 Å². The van der Waals surface area contributed by atoms with Gasteiger partial charge in [-0.25, -0.2) is 16.8 Å². The Morgan fingerprint density at radius 3 is 1.69 bits per heavy atom. The maximum atomic E-state index is 13.2. The molecule has 0 unspecified atom stereocenters. The molecule has 1 atom stereocenters. The minimum absolute atomic E-state index is 0.125. The van der Waals surface area contributed by atoms with E-state index in [0.717, 1.165) is 11.1 Å². The lowest BCUT2D eigenvalue weighted by atomic mass is 10.2. The number of rotatable bonds is 4. The third-order valence-electron chi connectivity index (χ3n) is 5.39. The van der Waals surface area contributed by atoms with E-state index in [1.54, 1.807) is 45.0 Å². The van der Waals surface area contributed by atoms with Gasteiger partial charge in [0.2, 0.25) is 20.0 Å². The van der Waals surface area contributed by atoms with Crippen LogP contribution in [-0.4, -0.2) is 51.1 Å². The van der Waals surface area contributed by atoms with Crippen molar-refractivity contribution in [3.05, 3.63) is 58.7 Å². The Hall–Kier alpha value is -1.74. The van der Waals surface area contributed by atoms with Crippen molar-refractivity contribution in [3.63, 3.8) is 0 Å². The van der Waals surface area contributed by atoms with Crippen molar-refractivity contribution in [1.82, 2.24) is 8.61 Å². The van der Waals surface area contributed by atoms with Crippen LogP contribution in [0.2, 0.25) is 0 Å². The largest absolute Gasteiger partial charge is 0.243 e. The van der Waals surface area contributed by atoms with Gasteiger partial charge in [0.15, 0.2) is 0 Å². The first-order valence-corrected chi connectivity index (χ1v) is 12.5. The van der Waals surface area contributed by atoms with E-state index in [-0.39, 0.29) is 29.4 Å². The van der Waals surface area contributed by atoms with Crippen molar-refractivity contribution in [3.8, 4) is 0 Å². The van der Waals surface area contributed by atoms with Crippen LogP contribution in [-0.2, 0) is 20.0 Å². The second-order valence-corrected chi connectivity index (χ2v) is 11.6. The first kappa shape index (κ1) is 22.0. The number of aryl methyl sites for hydroxylation is 4. The lowest BCUT2D eigenvalue weighted by Crippen LogP contribution is -2.55. The van der Waals surface area contributed by atoms with E-state index in [2.05, 4.69) is 0 Å². The predicted octanol–water partition coefficient (Wildman–Crippen LogP) is 3.00. The zero-order valence-electron chi connectivity index (χ0n) is 17.5. The van der Waals surface area contributed by atoms with E-state index in [9.17, 15) is 16.8 Å². The average molecular weight is 437 g/mol. The molecule has 0 amide bonds. The summed E-state index contributed by atoms with van der Waals surface area (Å²) in [5, 5.41) is 0. The normalized spacial score (nSPS) is 19.4. The van der Waals surface area contributed by atoms with E-state index >= 15 is 0 Å². The van der Waals surface area contributed by atoms with Crippen LogP contribution < -0.4 is 0 Å². The molecule has 1 heterocycles. The molecule has 8 heteroatoms. The summed E-state index contributed by atoms with van der Waals surface area (Å²) in [5.74, 6) is 0. The first-order valence-electron chi connectivity index (χ1n) is 9.61. The number of nitrogens with zero attached hydrogens (tertiary/aromatic N) is 2. The maximum absolute atomic E-state index is 13.2. The van der Waals surface area contributed by atoms with Gasteiger partial charge in [-0.1, -0.05) is 35.4 Å². The molecule has 0 spiro atoms. The van der Waals surface area contributed by atoms with E-state index in [0.29, 0.717) is 11.1 Å². The molecule has 1 saturated heterocycles. The van der Waals surface area contributed by atoms with Crippen LogP contribution in [0.25, 0.3) is 0 Å². The standard InChI is InChI=1S/C21H28N2O4S2/c1-15-6-8-20(17(3)12-15)28(24,25)22-10-11-23(19(5)14-22)29(26,27)21-9-7-16(2)13-18(21)4/h6-9,12-13,19H,10-11,14H2,1-5H3/t19-/m0/s1. The van der Waals surface area contributed by atoms with Crippen molar-refractivity contribution in [2.45, 2.75) is 50.5 Å². The van der Waals surface area contributed by atoms with Crippen LogP contribution in [0.4, 0.5) is 0 Å². The summed E-state index contributed by atoms with van der Waals surface area (Å²) in [6, 6.07) is 10.1. The van der Waals surface area contributed by atoms with Crippen molar-refractivity contribution in [2.24, 2.45) is 0 Å². The smallest absolute Gasteiger partial charge is 0.207 e. The quantitative estimate of drug-likeness (QED) is 0.738. The summed E-state index contributed by atoms with van der Waals surface area (Å²) in [5.41, 5.74) is 3.39. The molecule has 0 aromatic heterocycles. The van der Waals surface area contributed by atoms with Crippen LogP contribution in [0.1, 0.15) is 29.2 Å². The third-order valence-corrected chi connectivity index (χ3v) is 9.59. The monoisotopic (exact) mass is 436 g/mol. The van der Waals surface area contributed by atoms with E-state index in [4.69, 9.17) is 0 Å². The van der Waals surface area contributed by atoms with Crippen LogP contribution >= 0.6 is 0 Å². The maximum Gasteiger partial charge on any atom is 0.243 e. The molecule has 2 aromatic rings. The van der Waals surface area contributed by atoms with Gasteiger partial charge in [-0.3, -0.25) is 0 Å². The number of hydrogen-bond donors (Lipinski definition) is 0. The predicted molar refractivity (Wildman–Crippen MR) is 114 cm³/mol. The van der Waals surface area contributed by atoms with E-state index in [1.807, 2.05) is 26.0 Å². The number of piperazine rings is 1. The second kappa shape index (κ2) is 7.83. The highest BCUT2D eigenvalue weighted by Crippen LogP contribution is 2.28. The molecular weight excluding hydrogens is 408 g/mol. The van der Waals surface area contributed by atoms with Gasteiger partial charge in [-0.05, 0) is 57.9 Å². The molecule has 3 rings (SSSR count). The Labute approximate surface area is 174 Å². The Bertz CT molecular complexity index is 1140. The molecule has 0 N–H and O–H groups in total. The molecule has 0 aliphatic carbocycles.